The van der Waals surface area contributed by atoms with Crippen LogP contribution in [0, 0.1) is 12.8 Å². The number of carbonyl (C=O) groups excluding carboxylic acids is 1. The van der Waals surface area contributed by atoms with Crippen LogP contribution in [0.15, 0.2) is 24.3 Å². The minimum atomic E-state index is 0.205. The summed E-state index contributed by atoms with van der Waals surface area (Å²) in [6.07, 6.45) is 2.37. The van der Waals surface area contributed by atoms with Crippen molar-refractivity contribution in [2.24, 2.45) is 5.92 Å². The fraction of sp³-hybridized carbons (Fsp3) is 0.533. The number of carbonyl (C=O) groups is 1. The number of ether oxygens (including phenoxy) is 1. The molecule has 0 aromatic heterocycles. The van der Waals surface area contributed by atoms with Gasteiger partial charge in [0.05, 0.1) is 6.61 Å². The molecule has 0 fully saturated rings. The summed E-state index contributed by atoms with van der Waals surface area (Å²) in [5.41, 5.74) is 1.17. The van der Waals surface area contributed by atoms with Gasteiger partial charge in [0.25, 0.3) is 0 Å². The lowest BCUT2D eigenvalue weighted by atomic mass is 9.96. The molecule has 0 amide bonds. The zero-order valence-corrected chi connectivity index (χ0v) is 11.0. The van der Waals surface area contributed by atoms with Crippen LogP contribution in [0.1, 0.15) is 38.7 Å². The van der Waals surface area contributed by atoms with Gasteiger partial charge >= 0.3 is 0 Å². The summed E-state index contributed by atoms with van der Waals surface area (Å²) in [4.78, 5) is 11.8. The Bertz CT molecular complexity index is 354. The van der Waals surface area contributed by atoms with Crippen LogP contribution in [0.4, 0.5) is 0 Å². The number of benzene rings is 1. The summed E-state index contributed by atoms with van der Waals surface area (Å²) in [6, 6.07) is 7.91. The Morgan fingerprint density at radius 3 is 2.59 bits per heavy atom. The fourth-order valence-electron chi connectivity index (χ4n) is 1.92. The molecule has 0 aliphatic rings. The van der Waals surface area contributed by atoms with Gasteiger partial charge in [0.2, 0.25) is 0 Å². The molecule has 0 spiro atoms. The van der Waals surface area contributed by atoms with Crippen molar-refractivity contribution in [1.82, 2.24) is 0 Å². The van der Waals surface area contributed by atoms with Crippen molar-refractivity contribution in [2.45, 2.75) is 40.0 Å². The maximum Gasteiger partial charge on any atom is 0.139 e. The van der Waals surface area contributed by atoms with Gasteiger partial charge < -0.3 is 4.74 Å². The Morgan fingerprint density at radius 2 is 2.00 bits per heavy atom. The molecule has 94 valence electrons. The van der Waals surface area contributed by atoms with Gasteiger partial charge in [0.15, 0.2) is 0 Å². The first kappa shape index (κ1) is 13.8. The number of aryl methyl sites for hydroxylation is 1. The van der Waals surface area contributed by atoms with Gasteiger partial charge in [0, 0.05) is 12.3 Å². The van der Waals surface area contributed by atoms with E-state index in [1.165, 1.54) is 5.56 Å². The highest BCUT2D eigenvalue weighted by molar-refractivity contribution is 5.80. The second-order valence-corrected chi connectivity index (χ2v) is 4.39. The van der Waals surface area contributed by atoms with Gasteiger partial charge in [-0.3, -0.25) is 4.79 Å². The van der Waals surface area contributed by atoms with Gasteiger partial charge in [-0.2, -0.15) is 0 Å². The predicted molar refractivity (Wildman–Crippen MR) is 70.4 cm³/mol. The Morgan fingerprint density at radius 1 is 1.29 bits per heavy atom. The van der Waals surface area contributed by atoms with Gasteiger partial charge in [0.1, 0.15) is 11.5 Å². The lowest BCUT2D eigenvalue weighted by Gasteiger charge is -2.11. The lowest BCUT2D eigenvalue weighted by Crippen LogP contribution is -2.15. The van der Waals surface area contributed by atoms with E-state index in [9.17, 15) is 4.79 Å². The molecule has 0 saturated heterocycles. The standard InChI is InChI=1S/C15H22O2/c1-4-13(5-2)15(16)9-10-17-14-8-6-7-12(3)11-14/h6-8,11,13H,4-5,9-10H2,1-3H3. The first-order valence-electron chi connectivity index (χ1n) is 6.39. The van der Waals surface area contributed by atoms with Crippen molar-refractivity contribution in [1.29, 1.82) is 0 Å². The first-order valence-corrected chi connectivity index (χ1v) is 6.39. The van der Waals surface area contributed by atoms with Crippen LogP contribution in [0.5, 0.6) is 5.75 Å². The Balaban J connectivity index is 2.35. The molecule has 1 aromatic rings. The highest BCUT2D eigenvalue weighted by Crippen LogP contribution is 2.14. The second-order valence-electron chi connectivity index (χ2n) is 4.39. The van der Waals surface area contributed by atoms with Gasteiger partial charge in [-0.05, 0) is 37.5 Å². The minimum absolute atomic E-state index is 0.205. The SMILES string of the molecule is CCC(CC)C(=O)CCOc1cccc(C)c1. The van der Waals surface area contributed by atoms with Crippen molar-refractivity contribution in [2.75, 3.05) is 6.61 Å². The fourth-order valence-corrected chi connectivity index (χ4v) is 1.92. The normalized spacial score (nSPS) is 10.6. The van der Waals surface area contributed by atoms with Crippen LogP contribution in [0.2, 0.25) is 0 Å². The van der Waals surface area contributed by atoms with Crippen LogP contribution < -0.4 is 4.74 Å². The van der Waals surface area contributed by atoms with Crippen LogP contribution >= 0.6 is 0 Å². The molecule has 0 bridgehead atoms. The quantitative estimate of drug-likeness (QED) is 0.718. The molecule has 0 N–H and O–H groups in total. The first-order chi connectivity index (χ1) is 8.17. The van der Waals surface area contributed by atoms with Crippen LogP contribution in [-0.2, 0) is 4.79 Å². The molecule has 0 radical (unpaired) electrons. The second kappa shape index (κ2) is 7.10. The third-order valence-electron chi connectivity index (χ3n) is 3.05. The molecule has 0 atom stereocenters. The molecule has 0 unspecified atom stereocenters. The van der Waals surface area contributed by atoms with Gasteiger partial charge in [-0.15, -0.1) is 0 Å². The monoisotopic (exact) mass is 234 g/mol. The molecule has 0 heterocycles. The third kappa shape index (κ3) is 4.59. The average molecular weight is 234 g/mol. The van der Waals surface area contributed by atoms with E-state index >= 15 is 0 Å². The van der Waals surface area contributed by atoms with E-state index in [1.54, 1.807) is 0 Å². The highest BCUT2D eigenvalue weighted by atomic mass is 16.5. The van der Waals surface area contributed by atoms with Crippen LogP contribution in [0.25, 0.3) is 0 Å². The number of rotatable bonds is 7. The maximum absolute atomic E-state index is 11.8. The van der Waals surface area contributed by atoms with Crippen molar-refractivity contribution >= 4 is 5.78 Å². The third-order valence-corrected chi connectivity index (χ3v) is 3.05. The van der Waals surface area contributed by atoms with E-state index in [4.69, 9.17) is 4.74 Å². The Labute approximate surface area is 104 Å². The van der Waals surface area contributed by atoms with Gasteiger partial charge in [-0.25, -0.2) is 0 Å². The minimum Gasteiger partial charge on any atom is -0.493 e. The zero-order chi connectivity index (χ0) is 12.7. The number of hydrogen-bond donors (Lipinski definition) is 0. The zero-order valence-electron chi connectivity index (χ0n) is 11.0. The highest BCUT2D eigenvalue weighted by Gasteiger charge is 2.13. The van der Waals surface area contributed by atoms with E-state index in [0.29, 0.717) is 18.8 Å². The smallest absolute Gasteiger partial charge is 0.139 e. The molecule has 0 saturated carbocycles. The summed E-state index contributed by atoms with van der Waals surface area (Å²) in [6.45, 7) is 6.64. The van der Waals surface area contributed by atoms with Crippen LogP contribution in [-0.4, -0.2) is 12.4 Å². The average Bonchev–Trinajstić information content (AvgIpc) is 2.30. The number of ketones is 1. The molecule has 2 heteroatoms. The van der Waals surface area contributed by atoms with Crippen molar-refractivity contribution < 1.29 is 9.53 Å². The summed E-state index contributed by atoms with van der Waals surface area (Å²) >= 11 is 0. The summed E-state index contributed by atoms with van der Waals surface area (Å²) < 4.78 is 5.58. The largest absolute Gasteiger partial charge is 0.493 e. The predicted octanol–water partition coefficient (Wildman–Crippen LogP) is 3.77. The molecule has 17 heavy (non-hydrogen) atoms. The van der Waals surface area contributed by atoms with E-state index in [0.717, 1.165) is 18.6 Å². The number of hydrogen-bond acceptors (Lipinski definition) is 2. The van der Waals surface area contributed by atoms with Crippen molar-refractivity contribution in [3.05, 3.63) is 29.8 Å². The van der Waals surface area contributed by atoms with E-state index in [-0.39, 0.29) is 5.92 Å². The van der Waals surface area contributed by atoms with Crippen LogP contribution in [0.3, 0.4) is 0 Å². The maximum atomic E-state index is 11.8. The molecule has 0 aliphatic carbocycles. The van der Waals surface area contributed by atoms with E-state index < -0.39 is 0 Å². The Kier molecular flexibility index (Phi) is 5.75. The molecular weight excluding hydrogens is 212 g/mol. The van der Waals surface area contributed by atoms with Gasteiger partial charge in [-0.1, -0.05) is 26.0 Å². The molecule has 0 aliphatic heterocycles. The molecular formula is C15H22O2. The molecule has 1 rings (SSSR count). The van der Waals surface area contributed by atoms with Crippen molar-refractivity contribution in [3.63, 3.8) is 0 Å². The molecule has 2 nitrogen and oxygen atoms in total. The summed E-state index contributed by atoms with van der Waals surface area (Å²) in [5, 5.41) is 0. The van der Waals surface area contributed by atoms with E-state index in [2.05, 4.69) is 13.8 Å². The summed E-state index contributed by atoms with van der Waals surface area (Å²) in [7, 11) is 0. The van der Waals surface area contributed by atoms with E-state index in [1.807, 2.05) is 31.2 Å². The van der Waals surface area contributed by atoms with Crippen molar-refractivity contribution in [3.8, 4) is 5.75 Å². The summed E-state index contributed by atoms with van der Waals surface area (Å²) in [5.74, 6) is 1.38. The topological polar surface area (TPSA) is 26.3 Å². The Hall–Kier alpha value is -1.31. The molecule has 1 aromatic carbocycles. The lowest BCUT2D eigenvalue weighted by molar-refractivity contribution is -0.123. The number of Topliss-reactive ketones (excluding diaryl/α,β-unsaturated/α-hetero) is 1.